The molecule has 1 aliphatic carbocycles. The van der Waals surface area contributed by atoms with Crippen molar-refractivity contribution in [2.24, 2.45) is 5.92 Å². The lowest BCUT2D eigenvalue weighted by Gasteiger charge is -2.38. The molecule has 3 aromatic carbocycles. The summed E-state index contributed by atoms with van der Waals surface area (Å²) in [5, 5.41) is 4.82. The van der Waals surface area contributed by atoms with Crippen molar-refractivity contribution < 1.29 is 9.18 Å². The van der Waals surface area contributed by atoms with Crippen LogP contribution in [0.25, 0.3) is 11.1 Å². The molecule has 6 rings (SSSR count). The first-order chi connectivity index (χ1) is 16.5. The van der Waals surface area contributed by atoms with Gasteiger partial charge in [-0.1, -0.05) is 42.5 Å². The smallest absolute Gasteiger partial charge is 0.232 e. The highest BCUT2D eigenvalue weighted by Gasteiger charge is 2.47. The van der Waals surface area contributed by atoms with Crippen molar-refractivity contribution in [1.29, 1.82) is 0 Å². The average molecular weight is 456 g/mol. The molecule has 1 amide bonds. The molecule has 2 aliphatic heterocycles. The van der Waals surface area contributed by atoms with E-state index in [0.29, 0.717) is 0 Å². The number of benzene rings is 3. The Morgan fingerprint density at radius 3 is 2.12 bits per heavy atom. The fourth-order valence-corrected chi connectivity index (χ4v) is 5.54. The molecule has 0 N–H and O–H groups in total. The lowest BCUT2D eigenvalue weighted by molar-refractivity contribution is -0.120. The van der Waals surface area contributed by atoms with E-state index < -0.39 is 0 Å². The molecule has 4 nitrogen and oxygen atoms in total. The summed E-state index contributed by atoms with van der Waals surface area (Å²) in [6.45, 7) is 6.28. The van der Waals surface area contributed by atoms with Gasteiger partial charge in [0.2, 0.25) is 5.91 Å². The van der Waals surface area contributed by atoms with Gasteiger partial charge in [-0.15, -0.1) is 0 Å². The van der Waals surface area contributed by atoms with Crippen LogP contribution in [0, 0.1) is 25.6 Å². The van der Waals surface area contributed by atoms with Gasteiger partial charge in [0.15, 0.2) is 0 Å². The van der Waals surface area contributed by atoms with Crippen molar-refractivity contribution in [2.45, 2.75) is 45.7 Å². The van der Waals surface area contributed by atoms with Gasteiger partial charge in [0.05, 0.1) is 11.4 Å². The summed E-state index contributed by atoms with van der Waals surface area (Å²) in [6, 6.07) is 19.4. The van der Waals surface area contributed by atoms with E-state index in [1.54, 1.807) is 12.1 Å². The van der Waals surface area contributed by atoms with Gasteiger partial charge in [0.25, 0.3) is 0 Å². The maximum atomic E-state index is 13.7. The lowest BCUT2D eigenvalue weighted by atomic mass is 10.0. The van der Waals surface area contributed by atoms with E-state index in [1.807, 2.05) is 0 Å². The Bertz CT molecular complexity index is 1230. The van der Waals surface area contributed by atoms with Crippen molar-refractivity contribution in [3.8, 4) is 11.1 Å². The SMILES string of the molecule is Cc1cc(C)c2c(c1)N(C(=O)C1CC1)C(c1ccc(-c3ccc(F)cc3)cc1)N2N1CCCC1. The van der Waals surface area contributed by atoms with Gasteiger partial charge < -0.3 is 0 Å². The molecule has 5 heteroatoms. The van der Waals surface area contributed by atoms with Crippen molar-refractivity contribution in [3.05, 3.63) is 83.2 Å². The quantitative estimate of drug-likeness (QED) is 0.457. The van der Waals surface area contributed by atoms with Crippen LogP contribution in [0.4, 0.5) is 15.8 Å². The Kier molecular flexibility index (Phi) is 5.18. The third-order valence-corrected chi connectivity index (χ3v) is 7.33. The van der Waals surface area contributed by atoms with E-state index >= 15 is 0 Å². The molecule has 3 aliphatic rings. The van der Waals surface area contributed by atoms with Gasteiger partial charge in [-0.2, -0.15) is 0 Å². The minimum absolute atomic E-state index is 0.133. The van der Waals surface area contributed by atoms with Gasteiger partial charge in [0.1, 0.15) is 12.0 Å². The number of hydrazine groups is 1. The van der Waals surface area contributed by atoms with Crippen LogP contribution in [0.3, 0.4) is 0 Å². The summed E-state index contributed by atoms with van der Waals surface area (Å²) in [4.78, 5) is 15.8. The Balaban J connectivity index is 1.46. The van der Waals surface area contributed by atoms with Crippen LogP contribution < -0.4 is 9.91 Å². The van der Waals surface area contributed by atoms with E-state index in [1.165, 1.54) is 36.1 Å². The third kappa shape index (κ3) is 3.59. The fourth-order valence-electron chi connectivity index (χ4n) is 5.54. The molecule has 2 heterocycles. The molecule has 1 saturated carbocycles. The average Bonchev–Trinajstić information content (AvgIpc) is 3.43. The molecule has 1 unspecified atom stereocenters. The number of hydrogen-bond donors (Lipinski definition) is 0. The Morgan fingerprint density at radius 2 is 1.50 bits per heavy atom. The maximum absolute atomic E-state index is 13.7. The van der Waals surface area contributed by atoms with Crippen LogP contribution in [-0.4, -0.2) is 24.0 Å². The number of carbonyl (C=O) groups excluding carboxylic acids is 1. The van der Waals surface area contributed by atoms with Crippen molar-refractivity contribution in [1.82, 2.24) is 5.01 Å². The lowest BCUT2D eigenvalue weighted by Crippen LogP contribution is -2.47. The molecular weight excluding hydrogens is 425 g/mol. The van der Waals surface area contributed by atoms with E-state index in [0.717, 1.165) is 54.0 Å². The zero-order valence-corrected chi connectivity index (χ0v) is 19.8. The summed E-state index contributed by atoms with van der Waals surface area (Å²) in [5.74, 6) is 0.138. The second-order valence-electron chi connectivity index (χ2n) is 9.94. The van der Waals surface area contributed by atoms with E-state index in [2.05, 4.69) is 65.2 Å². The summed E-state index contributed by atoms with van der Waals surface area (Å²) in [7, 11) is 0. The topological polar surface area (TPSA) is 26.8 Å². The van der Waals surface area contributed by atoms with Crippen LogP contribution in [0.5, 0.6) is 0 Å². The molecule has 3 aromatic rings. The molecular formula is C29H30FN3O. The normalized spacial score (nSPS) is 20.1. The third-order valence-electron chi connectivity index (χ3n) is 7.33. The summed E-state index contributed by atoms with van der Waals surface area (Å²) < 4.78 is 13.4. The number of halogens is 1. The van der Waals surface area contributed by atoms with E-state index in [-0.39, 0.29) is 23.8 Å². The zero-order valence-electron chi connectivity index (χ0n) is 19.8. The van der Waals surface area contributed by atoms with Gasteiger partial charge in [0, 0.05) is 19.0 Å². The van der Waals surface area contributed by atoms with Crippen molar-refractivity contribution in [2.75, 3.05) is 23.0 Å². The number of carbonyl (C=O) groups is 1. The van der Waals surface area contributed by atoms with Crippen LogP contribution in [0.15, 0.2) is 60.7 Å². The Morgan fingerprint density at radius 1 is 0.882 bits per heavy atom. The molecule has 0 radical (unpaired) electrons. The van der Waals surface area contributed by atoms with Crippen molar-refractivity contribution in [3.63, 3.8) is 0 Å². The van der Waals surface area contributed by atoms with Crippen molar-refractivity contribution >= 4 is 17.3 Å². The molecule has 0 bridgehead atoms. The van der Waals surface area contributed by atoms with Gasteiger partial charge in [-0.05, 0) is 85.5 Å². The highest BCUT2D eigenvalue weighted by atomic mass is 19.1. The number of aryl methyl sites for hydroxylation is 2. The summed E-state index contributed by atoms with van der Waals surface area (Å²) in [5.41, 5.74) is 7.71. The first kappa shape index (κ1) is 21.4. The summed E-state index contributed by atoms with van der Waals surface area (Å²) >= 11 is 0. The summed E-state index contributed by atoms with van der Waals surface area (Å²) in [6.07, 6.45) is 4.11. The molecule has 34 heavy (non-hydrogen) atoms. The van der Waals surface area contributed by atoms with Gasteiger partial charge >= 0.3 is 0 Å². The minimum Gasteiger partial charge on any atom is -0.283 e. The number of hydrogen-bond acceptors (Lipinski definition) is 3. The highest BCUT2D eigenvalue weighted by molar-refractivity contribution is 6.03. The number of fused-ring (bicyclic) bond motifs is 1. The zero-order chi connectivity index (χ0) is 23.4. The molecule has 1 saturated heterocycles. The standard InChI is InChI=1S/C29H30FN3O/c1-19-17-20(2)27-26(18-19)32(29(34)24-9-10-24)28(33(27)31-15-3-4-16-31)23-7-5-21(6-8-23)22-11-13-25(30)14-12-22/h5-8,11-14,17-18,24,28H,3-4,9-10,15-16H2,1-2H3. The van der Waals surface area contributed by atoms with E-state index in [4.69, 9.17) is 0 Å². The molecule has 0 spiro atoms. The first-order valence-electron chi connectivity index (χ1n) is 12.4. The predicted molar refractivity (Wildman–Crippen MR) is 134 cm³/mol. The maximum Gasteiger partial charge on any atom is 0.232 e. The second kappa shape index (κ2) is 8.24. The van der Waals surface area contributed by atoms with Crippen LogP contribution in [-0.2, 0) is 4.79 Å². The minimum atomic E-state index is -0.231. The van der Waals surface area contributed by atoms with E-state index in [9.17, 15) is 9.18 Å². The first-order valence-corrected chi connectivity index (χ1v) is 12.4. The Hall–Kier alpha value is -3.18. The second-order valence-corrected chi connectivity index (χ2v) is 9.94. The van der Waals surface area contributed by atoms with Crippen LogP contribution in [0.1, 0.15) is 48.5 Å². The molecule has 174 valence electrons. The Labute approximate surface area is 200 Å². The molecule has 0 aromatic heterocycles. The number of anilines is 2. The number of nitrogens with zero attached hydrogens (tertiary/aromatic N) is 3. The molecule has 2 fully saturated rings. The fraction of sp³-hybridized carbons (Fsp3) is 0.345. The predicted octanol–water partition coefficient (Wildman–Crippen LogP) is 6.38. The number of amides is 1. The molecule has 1 atom stereocenters. The van der Waals surface area contributed by atoms with Crippen LogP contribution >= 0.6 is 0 Å². The largest absolute Gasteiger partial charge is 0.283 e. The number of rotatable bonds is 4. The van der Waals surface area contributed by atoms with Crippen LogP contribution in [0.2, 0.25) is 0 Å². The monoisotopic (exact) mass is 455 g/mol. The van der Waals surface area contributed by atoms with Gasteiger partial charge in [-0.25, -0.2) is 9.40 Å². The van der Waals surface area contributed by atoms with Gasteiger partial charge in [-0.3, -0.25) is 14.7 Å². The highest BCUT2D eigenvalue weighted by Crippen LogP contribution is 2.52.